The van der Waals surface area contributed by atoms with E-state index >= 15 is 0 Å². The summed E-state index contributed by atoms with van der Waals surface area (Å²) in [4.78, 5) is 11.9. The maximum Gasteiger partial charge on any atom is 0.305 e. The second-order valence-corrected chi connectivity index (χ2v) is 4.66. The highest BCUT2D eigenvalue weighted by Gasteiger charge is 2.06. The number of benzene rings is 1. The van der Waals surface area contributed by atoms with Crippen molar-refractivity contribution in [2.45, 2.75) is 19.4 Å². The molecule has 1 aromatic heterocycles. The van der Waals surface area contributed by atoms with Crippen LogP contribution in [0.25, 0.3) is 11.4 Å². The molecule has 2 rings (SSSR count). The largest absolute Gasteiger partial charge is 0.481 e. The standard InChI is InChI=1S/C15H18N4O3/c1-2-8-19-17-15(16-18-19)13-5-3-4-12(11-13)6-9-22-10-7-14(20)21/h2-5,11H,1,6-10H2,(H,20,21). The second kappa shape index (κ2) is 8.04. The molecule has 0 spiro atoms. The van der Waals surface area contributed by atoms with Crippen molar-refractivity contribution in [3.63, 3.8) is 0 Å². The van der Waals surface area contributed by atoms with E-state index < -0.39 is 5.97 Å². The number of ether oxygens (including phenoxy) is 1. The van der Waals surface area contributed by atoms with Crippen LogP contribution in [0.4, 0.5) is 0 Å². The molecule has 1 aromatic carbocycles. The minimum absolute atomic E-state index is 0.0242. The van der Waals surface area contributed by atoms with Crippen molar-refractivity contribution >= 4 is 5.97 Å². The van der Waals surface area contributed by atoms with Gasteiger partial charge in [-0.15, -0.1) is 16.8 Å². The van der Waals surface area contributed by atoms with Gasteiger partial charge in [0, 0.05) is 5.56 Å². The van der Waals surface area contributed by atoms with E-state index in [1.54, 1.807) is 6.08 Å². The molecule has 0 aliphatic heterocycles. The van der Waals surface area contributed by atoms with Gasteiger partial charge in [-0.25, -0.2) is 0 Å². The third kappa shape index (κ3) is 4.78. The predicted octanol–water partition coefficient (Wildman–Crippen LogP) is 1.56. The summed E-state index contributed by atoms with van der Waals surface area (Å²) in [6.45, 7) is 4.86. The average Bonchev–Trinajstić information content (AvgIpc) is 2.96. The van der Waals surface area contributed by atoms with Crippen LogP contribution in [0.5, 0.6) is 0 Å². The highest BCUT2D eigenvalue weighted by atomic mass is 16.5. The Balaban J connectivity index is 1.91. The van der Waals surface area contributed by atoms with E-state index in [0.717, 1.165) is 11.1 Å². The van der Waals surface area contributed by atoms with E-state index in [-0.39, 0.29) is 13.0 Å². The van der Waals surface area contributed by atoms with Crippen molar-refractivity contribution < 1.29 is 14.6 Å². The number of tetrazole rings is 1. The molecule has 0 fully saturated rings. The molecule has 7 heteroatoms. The second-order valence-electron chi connectivity index (χ2n) is 4.66. The Hall–Kier alpha value is -2.54. The Morgan fingerprint density at radius 1 is 1.41 bits per heavy atom. The van der Waals surface area contributed by atoms with Crippen LogP contribution in [0.3, 0.4) is 0 Å². The maximum absolute atomic E-state index is 10.4. The molecule has 0 radical (unpaired) electrons. The first kappa shape index (κ1) is 15.8. The van der Waals surface area contributed by atoms with Gasteiger partial charge in [0.25, 0.3) is 0 Å². The fourth-order valence-electron chi connectivity index (χ4n) is 1.87. The minimum atomic E-state index is -0.851. The van der Waals surface area contributed by atoms with Crippen molar-refractivity contribution in [2.24, 2.45) is 0 Å². The Kier molecular flexibility index (Phi) is 5.79. The van der Waals surface area contributed by atoms with E-state index in [4.69, 9.17) is 9.84 Å². The Morgan fingerprint density at radius 3 is 3.05 bits per heavy atom. The quantitative estimate of drug-likeness (QED) is 0.558. The Labute approximate surface area is 128 Å². The lowest BCUT2D eigenvalue weighted by molar-refractivity contribution is -0.138. The van der Waals surface area contributed by atoms with Gasteiger partial charge < -0.3 is 9.84 Å². The van der Waals surface area contributed by atoms with Gasteiger partial charge in [0.1, 0.15) is 0 Å². The van der Waals surface area contributed by atoms with Gasteiger partial charge in [-0.3, -0.25) is 4.79 Å². The summed E-state index contributed by atoms with van der Waals surface area (Å²) in [6.07, 6.45) is 2.43. The first-order valence-corrected chi connectivity index (χ1v) is 6.96. The van der Waals surface area contributed by atoms with Crippen LogP contribution in [0.1, 0.15) is 12.0 Å². The molecule has 0 saturated carbocycles. The van der Waals surface area contributed by atoms with Gasteiger partial charge in [0.15, 0.2) is 0 Å². The fraction of sp³-hybridized carbons (Fsp3) is 0.333. The summed E-state index contributed by atoms with van der Waals surface area (Å²) in [5.41, 5.74) is 1.96. The van der Waals surface area contributed by atoms with Crippen LogP contribution < -0.4 is 0 Å². The van der Waals surface area contributed by atoms with Crippen LogP contribution in [0, 0.1) is 0 Å². The van der Waals surface area contributed by atoms with Crippen molar-refractivity contribution in [3.8, 4) is 11.4 Å². The maximum atomic E-state index is 10.4. The molecule has 7 nitrogen and oxygen atoms in total. The molecule has 0 aliphatic rings. The molecule has 116 valence electrons. The average molecular weight is 302 g/mol. The van der Waals surface area contributed by atoms with Crippen molar-refractivity contribution in [2.75, 3.05) is 13.2 Å². The number of aliphatic carboxylic acids is 1. The SMILES string of the molecule is C=CCn1nnc(-c2cccc(CCOCCC(=O)O)c2)n1. The summed E-state index contributed by atoms with van der Waals surface area (Å²) in [6, 6.07) is 7.81. The smallest absolute Gasteiger partial charge is 0.305 e. The third-order valence-corrected chi connectivity index (χ3v) is 2.93. The first-order chi connectivity index (χ1) is 10.7. The topological polar surface area (TPSA) is 90.1 Å². The molecule has 0 aliphatic carbocycles. The number of nitrogens with zero attached hydrogens (tertiary/aromatic N) is 4. The summed E-state index contributed by atoms with van der Waals surface area (Å²) >= 11 is 0. The monoisotopic (exact) mass is 302 g/mol. The van der Waals surface area contributed by atoms with Crippen LogP contribution >= 0.6 is 0 Å². The Bertz CT molecular complexity index is 639. The van der Waals surface area contributed by atoms with Gasteiger partial charge >= 0.3 is 5.97 Å². The van der Waals surface area contributed by atoms with Crippen LogP contribution in [0.15, 0.2) is 36.9 Å². The molecular weight excluding hydrogens is 284 g/mol. The summed E-state index contributed by atoms with van der Waals surface area (Å²) in [5.74, 6) is -0.286. The molecule has 2 aromatic rings. The molecule has 0 amide bonds. The van der Waals surface area contributed by atoms with E-state index in [0.29, 0.717) is 25.4 Å². The third-order valence-electron chi connectivity index (χ3n) is 2.93. The van der Waals surface area contributed by atoms with E-state index in [1.165, 1.54) is 4.80 Å². The van der Waals surface area contributed by atoms with E-state index in [9.17, 15) is 4.79 Å². The molecule has 1 N–H and O–H groups in total. The molecule has 0 atom stereocenters. The zero-order valence-electron chi connectivity index (χ0n) is 12.2. The van der Waals surface area contributed by atoms with Gasteiger partial charge in [0.2, 0.25) is 5.82 Å². The van der Waals surface area contributed by atoms with Crippen molar-refractivity contribution in [1.29, 1.82) is 0 Å². The van der Waals surface area contributed by atoms with Gasteiger partial charge in [0.05, 0.1) is 26.2 Å². The zero-order valence-corrected chi connectivity index (χ0v) is 12.2. The molecule has 0 saturated heterocycles. The normalized spacial score (nSPS) is 10.5. The number of rotatable bonds is 9. The minimum Gasteiger partial charge on any atom is -0.481 e. The molecule has 1 heterocycles. The van der Waals surface area contributed by atoms with Gasteiger partial charge in [-0.1, -0.05) is 24.3 Å². The number of carboxylic acids is 1. The predicted molar refractivity (Wildman–Crippen MR) is 80.2 cm³/mol. The molecule has 0 bridgehead atoms. The first-order valence-electron chi connectivity index (χ1n) is 6.96. The summed E-state index contributed by atoms with van der Waals surface area (Å²) in [5, 5.41) is 20.7. The van der Waals surface area contributed by atoms with Gasteiger partial charge in [-0.05, 0) is 23.3 Å². The fourth-order valence-corrected chi connectivity index (χ4v) is 1.87. The molecule has 0 unspecified atom stereocenters. The molecular formula is C15H18N4O3. The summed E-state index contributed by atoms with van der Waals surface area (Å²) < 4.78 is 5.29. The summed E-state index contributed by atoms with van der Waals surface area (Å²) in [7, 11) is 0. The lowest BCUT2D eigenvalue weighted by atomic mass is 10.1. The van der Waals surface area contributed by atoms with Crippen LogP contribution in [0.2, 0.25) is 0 Å². The van der Waals surface area contributed by atoms with E-state index in [1.807, 2.05) is 24.3 Å². The highest BCUT2D eigenvalue weighted by Crippen LogP contribution is 2.15. The number of allylic oxidation sites excluding steroid dienone is 1. The lowest BCUT2D eigenvalue weighted by Gasteiger charge is -2.04. The Morgan fingerprint density at radius 2 is 2.27 bits per heavy atom. The lowest BCUT2D eigenvalue weighted by Crippen LogP contribution is -2.05. The number of hydrogen-bond donors (Lipinski definition) is 1. The van der Waals surface area contributed by atoms with Crippen molar-refractivity contribution in [3.05, 3.63) is 42.5 Å². The zero-order chi connectivity index (χ0) is 15.8. The van der Waals surface area contributed by atoms with Gasteiger partial charge in [-0.2, -0.15) is 4.80 Å². The number of hydrogen-bond acceptors (Lipinski definition) is 5. The van der Waals surface area contributed by atoms with Crippen LogP contribution in [-0.2, 0) is 22.5 Å². The van der Waals surface area contributed by atoms with Crippen molar-refractivity contribution in [1.82, 2.24) is 20.2 Å². The highest BCUT2D eigenvalue weighted by molar-refractivity contribution is 5.66. The van der Waals surface area contributed by atoms with E-state index in [2.05, 4.69) is 22.0 Å². The number of carboxylic acid groups (broad SMARTS) is 1. The molecule has 22 heavy (non-hydrogen) atoms. The van der Waals surface area contributed by atoms with Crippen LogP contribution in [-0.4, -0.2) is 44.5 Å². The number of aromatic nitrogens is 4. The number of carbonyl (C=O) groups is 1.